The molecule has 0 radical (unpaired) electrons. The molecule has 1 N–H and O–H groups in total. The van der Waals surface area contributed by atoms with Gasteiger partial charge < -0.3 is 28.8 Å². The van der Waals surface area contributed by atoms with Crippen molar-refractivity contribution < 1.29 is 28.8 Å². The quantitative estimate of drug-likeness (QED) is 0.306. The number of rotatable bonds is 12. The Bertz CT molecular complexity index is 1050. The van der Waals surface area contributed by atoms with Gasteiger partial charge in [0.2, 0.25) is 0 Å². The second kappa shape index (κ2) is 13.9. The minimum atomic E-state index is -1.23. The smallest absolute Gasteiger partial charge is 0.184 e. The summed E-state index contributed by atoms with van der Waals surface area (Å²) in [6, 6.07) is 29.5. The van der Waals surface area contributed by atoms with E-state index in [1.54, 1.807) is 0 Å². The Balaban J connectivity index is 1.56. The fourth-order valence-corrected chi connectivity index (χ4v) is 4.13. The maximum absolute atomic E-state index is 11.0. The Morgan fingerprint density at radius 2 is 1.11 bits per heavy atom. The predicted octanol–water partition coefficient (Wildman–Crippen LogP) is 4.11. The summed E-state index contributed by atoms with van der Waals surface area (Å²) in [5.41, 5.74) is 2.99. The molecule has 0 unspecified atom stereocenters. The molecule has 1 fully saturated rings. The van der Waals surface area contributed by atoms with Crippen LogP contribution in [0.5, 0.6) is 0 Å². The van der Waals surface area contributed by atoms with Crippen LogP contribution in [-0.2, 0) is 43.5 Å². The SMILES string of the molecule is C#CCOC[C@H]1O[C@@H](O)[C@H](OCc2ccccc2)[C@@H](OCc2ccccc2)[C@@H]1OCc1ccccc1. The Morgan fingerprint density at radius 3 is 1.58 bits per heavy atom. The zero-order valence-electron chi connectivity index (χ0n) is 20.1. The average molecular weight is 489 g/mol. The molecule has 188 valence electrons. The molecular weight excluding hydrogens is 456 g/mol. The highest BCUT2D eigenvalue weighted by Crippen LogP contribution is 2.30. The Hall–Kier alpha value is -3.02. The van der Waals surface area contributed by atoms with Crippen LogP contribution in [0.1, 0.15) is 16.7 Å². The molecule has 0 aromatic heterocycles. The summed E-state index contributed by atoms with van der Waals surface area (Å²) in [5.74, 6) is 2.46. The summed E-state index contributed by atoms with van der Waals surface area (Å²) >= 11 is 0. The van der Waals surface area contributed by atoms with E-state index in [0.29, 0.717) is 19.8 Å². The van der Waals surface area contributed by atoms with Gasteiger partial charge in [0, 0.05) is 0 Å². The first-order valence-corrected chi connectivity index (χ1v) is 12.1. The topological polar surface area (TPSA) is 66.4 Å². The van der Waals surface area contributed by atoms with Gasteiger partial charge in [-0.1, -0.05) is 96.9 Å². The van der Waals surface area contributed by atoms with Crippen molar-refractivity contribution in [2.75, 3.05) is 13.2 Å². The van der Waals surface area contributed by atoms with Gasteiger partial charge in [0.25, 0.3) is 0 Å². The monoisotopic (exact) mass is 488 g/mol. The van der Waals surface area contributed by atoms with Gasteiger partial charge in [0.15, 0.2) is 6.29 Å². The summed E-state index contributed by atoms with van der Waals surface area (Å²) in [7, 11) is 0. The Morgan fingerprint density at radius 1 is 0.667 bits per heavy atom. The molecular formula is C30H32O6. The van der Waals surface area contributed by atoms with Crippen molar-refractivity contribution in [2.24, 2.45) is 0 Å². The van der Waals surface area contributed by atoms with Gasteiger partial charge in [-0.3, -0.25) is 0 Å². The molecule has 0 amide bonds. The van der Waals surface area contributed by atoms with E-state index >= 15 is 0 Å². The zero-order valence-corrected chi connectivity index (χ0v) is 20.1. The standard InChI is InChI=1S/C30H32O6/c1-2-18-32-22-26-27(33-19-23-12-6-3-7-13-23)28(34-20-24-14-8-4-9-15-24)29(30(31)36-26)35-21-25-16-10-5-11-17-25/h1,3-17,26-31H,18-22H2/t26-,27-,28+,29-,30-/m1/s1. The van der Waals surface area contributed by atoms with Crippen molar-refractivity contribution in [1.82, 2.24) is 0 Å². The third kappa shape index (κ3) is 7.49. The third-order valence-corrected chi connectivity index (χ3v) is 5.93. The summed E-state index contributed by atoms with van der Waals surface area (Å²) in [6.07, 6.45) is 1.55. The maximum Gasteiger partial charge on any atom is 0.184 e. The predicted molar refractivity (Wildman–Crippen MR) is 136 cm³/mol. The molecule has 6 nitrogen and oxygen atoms in total. The van der Waals surface area contributed by atoms with Crippen molar-refractivity contribution in [2.45, 2.75) is 50.5 Å². The van der Waals surface area contributed by atoms with Gasteiger partial charge in [-0.25, -0.2) is 0 Å². The molecule has 0 bridgehead atoms. The van der Waals surface area contributed by atoms with Gasteiger partial charge in [-0.05, 0) is 16.7 Å². The highest BCUT2D eigenvalue weighted by atomic mass is 16.7. The average Bonchev–Trinajstić information content (AvgIpc) is 2.92. The summed E-state index contributed by atoms with van der Waals surface area (Å²) < 4.78 is 30.5. The van der Waals surface area contributed by atoms with E-state index < -0.39 is 30.7 Å². The summed E-state index contributed by atoms with van der Waals surface area (Å²) in [5, 5.41) is 11.0. The van der Waals surface area contributed by atoms with Crippen LogP contribution in [0.2, 0.25) is 0 Å². The van der Waals surface area contributed by atoms with Gasteiger partial charge >= 0.3 is 0 Å². The van der Waals surface area contributed by atoms with Crippen LogP contribution in [0.3, 0.4) is 0 Å². The second-order valence-corrected chi connectivity index (χ2v) is 8.57. The van der Waals surface area contributed by atoms with E-state index in [9.17, 15) is 5.11 Å². The van der Waals surface area contributed by atoms with Crippen LogP contribution in [0.15, 0.2) is 91.0 Å². The molecule has 0 aliphatic carbocycles. The van der Waals surface area contributed by atoms with Crippen LogP contribution in [0.4, 0.5) is 0 Å². The molecule has 1 saturated heterocycles. The third-order valence-electron chi connectivity index (χ3n) is 5.93. The van der Waals surface area contributed by atoms with Gasteiger partial charge in [-0.15, -0.1) is 6.42 Å². The molecule has 1 heterocycles. The number of benzene rings is 3. The summed E-state index contributed by atoms with van der Waals surface area (Å²) in [4.78, 5) is 0. The zero-order chi connectivity index (χ0) is 25.0. The van der Waals surface area contributed by atoms with E-state index in [2.05, 4.69) is 5.92 Å². The lowest BCUT2D eigenvalue weighted by Crippen LogP contribution is -2.61. The number of aliphatic hydroxyl groups is 1. The highest BCUT2D eigenvalue weighted by Gasteiger charge is 2.48. The maximum atomic E-state index is 11.0. The van der Waals surface area contributed by atoms with E-state index in [1.165, 1.54) is 0 Å². The number of hydrogen-bond donors (Lipinski definition) is 1. The van der Waals surface area contributed by atoms with Crippen molar-refractivity contribution in [3.63, 3.8) is 0 Å². The van der Waals surface area contributed by atoms with Crippen molar-refractivity contribution >= 4 is 0 Å². The van der Waals surface area contributed by atoms with Crippen LogP contribution in [0.25, 0.3) is 0 Å². The minimum Gasteiger partial charge on any atom is -0.368 e. The van der Waals surface area contributed by atoms with E-state index in [4.69, 9.17) is 30.1 Å². The van der Waals surface area contributed by atoms with Crippen molar-refractivity contribution in [3.05, 3.63) is 108 Å². The lowest BCUT2D eigenvalue weighted by Gasteiger charge is -2.44. The lowest BCUT2D eigenvalue weighted by molar-refractivity contribution is -0.316. The molecule has 6 heteroatoms. The first-order valence-electron chi connectivity index (χ1n) is 12.1. The lowest BCUT2D eigenvalue weighted by atomic mass is 9.98. The molecule has 0 saturated carbocycles. The van der Waals surface area contributed by atoms with Gasteiger partial charge in [-0.2, -0.15) is 0 Å². The van der Waals surface area contributed by atoms with Gasteiger partial charge in [0.1, 0.15) is 31.0 Å². The minimum absolute atomic E-state index is 0.130. The normalized spacial score (nSPS) is 23.7. The molecule has 1 aliphatic rings. The fraction of sp³-hybridized carbons (Fsp3) is 0.333. The number of hydrogen-bond acceptors (Lipinski definition) is 6. The Kier molecular flexibility index (Phi) is 10.1. The molecule has 5 atom stereocenters. The highest BCUT2D eigenvalue weighted by molar-refractivity contribution is 5.15. The summed E-state index contributed by atoms with van der Waals surface area (Å²) in [6.45, 7) is 1.24. The second-order valence-electron chi connectivity index (χ2n) is 8.57. The fourth-order valence-electron chi connectivity index (χ4n) is 4.13. The molecule has 4 rings (SSSR count). The molecule has 3 aromatic carbocycles. The van der Waals surface area contributed by atoms with E-state index in [-0.39, 0.29) is 13.2 Å². The Labute approximate surface area is 212 Å². The number of terminal acetylenes is 1. The number of ether oxygens (including phenoxy) is 5. The molecule has 36 heavy (non-hydrogen) atoms. The van der Waals surface area contributed by atoms with Crippen molar-refractivity contribution in [3.8, 4) is 12.3 Å². The largest absolute Gasteiger partial charge is 0.368 e. The molecule has 1 aliphatic heterocycles. The molecule has 0 spiro atoms. The number of aliphatic hydroxyl groups excluding tert-OH is 1. The van der Waals surface area contributed by atoms with Gasteiger partial charge in [0.05, 0.1) is 26.4 Å². The first-order chi connectivity index (χ1) is 17.7. The van der Waals surface area contributed by atoms with Crippen molar-refractivity contribution in [1.29, 1.82) is 0 Å². The van der Waals surface area contributed by atoms with Crippen LogP contribution in [0, 0.1) is 12.3 Å². The van der Waals surface area contributed by atoms with E-state index in [1.807, 2.05) is 91.0 Å². The molecule has 3 aromatic rings. The van der Waals surface area contributed by atoms with Crippen LogP contribution >= 0.6 is 0 Å². The van der Waals surface area contributed by atoms with E-state index in [0.717, 1.165) is 16.7 Å². The first kappa shape index (κ1) is 26.1. The van der Waals surface area contributed by atoms with Crippen LogP contribution in [-0.4, -0.2) is 49.0 Å². The van der Waals surface area contributed by atoms with Crippen LogP contribution < -0.4 is 0 Å².